The van der Waals surface area contributed by atoms with Crippen LogP contribution in [0.15, 0.2) is 54.6 Å². The largest absolute Gasteiger partial charge is 0.457 e. The highest BCUT2D eigenvalue weighted by Crippen LogP contribution is 2.27. The average Bonchev–Trinajstić information content (AvgIpc) is 2.39. The molecule has 5 heteroatoms. The topological polar surface area (TPSA) is 18.5 Å². The van der Waals surface area contributed by atoms with E-state index in [0.717, 1.165) is 17.1 Å². The van der Waals surface area contributed by atoms with Gasteiger partial charge in [-0.2, -0.15) is 0 Å². The van der Waals surface area contributed by atoms with Gasteiger partial charge in [0.15, 0.2) is 0 Å². The smallest absolute Gasteiger partial charge is 0.213 e. The summed E-state index contributed by atoms with van der Waals surface area (Å²) >= 11 is 16.9. The van der Waals surface area contributed by atoms with Crippen molar-refractivity contribution in [2.45, 2.75) is 10.4 Å². The molecule has 0 aromatic heterocycles. The van der Waals surface area contributed by atoms with Crippen molar-refractivity contribution >= 4 is 34.8 Å². The van der Waals surface area contributed by atoms with E-state index < -0.39 is 3.79 Å². The zero-order valence-electron chi connectivity index (χ0n) is 10.6. The highest BCUT2D eigenvalue weighted by Gasteiger charge is 2.19. The molecule has 0 spiro atoms. The van der Waals surface area contributed by atoms with Crippen LogP contribution >= 0.6 is 34.8 Å². The van der Waals surface area contributed by atoms with E-state index >= 15 is 0 Å². The molecule has 0 heterocycles. The summed E-state index contributed by atoms with van der Waals surface area (Å²) in [5, 5.41) is 0. The molecular formula is C15H13Cl3O2. The lowest BCUT2D eigenvalue weighted by molar-refractivity contribution is 0.125. The van der Waals surface area contributed by atoms with Crippen LogP contribution in [-0.2, 0) is 11.3 Å². The normalized spacial score (nSPS) is 11.3. The molecular weight excluding hydrogens is 319 g/mol. The predicted molar refractivity (Wildman–Crippen MR) is 82.9 cm³/mol. The van der Waals surface area contributed by atoms with Gasteiger partial charge < -0.3 is 9.47 Å². The molecule has 0 aliphatic rings. The molecule has 2 aromatic carbocycles. The SMILES string of the molecule is ClC(Cl)(Cl)COCc1cccc(Oc2ccccc2)c1. The number of alkyl halides is 3. The molecule has 20 heavy (non-hydrogen) atoms. The quantitative estimate of drug-likeness (QED) is 0.686. The third-order valence-electron chi connectivity index (χ3n) is 2.41. The van der Waals surface area contributed by atoms with Crippen molar-refractivity contribution in [1.29, 1.82) is 0 Å². The first-order valence-corrected chi connectivity index (χ1v) is 7.13. The van der Waals surface area contributed by atoms with Crippen molar-refractivity contribution in [3.63, 3.8) is 0 Å². The van der Waals surface area contributed by atoms with Crippen LogP contribution in [0.1, 0.15) is 5.56 Å². The fourth-order valence-electron chi connectivity index (χ4n) is 1.61. The maximum absolute atomic E-state index is 5.73. The van der Waals surface area contributed by atoms with E-state index in [9.17, 15) is 0 Å². The van der Waals surface area contributed by atoms with Crippen LogP contribution in [0.3, 0.4) is 0 Å². The van der Waals surface area contributed by atoms with Crippen LogP contribution in [-0.4, -0.2) is 10.4 Å². The van der Waals surface area contributed by atoms with E-state index in [-0.39, 0.29) is 6.61 Å². The van der Waals surface area contributed by atoms with Crippen LogP contribution in [0.5, 0.6) is 11.5 Å². The molecule has 0 aliphatic heterocycles. The molecule has 0 atom stereocenters. The van der Waals surface area contributed by atoms with Crippen molar-refractivity contribution in [3.8, 4) is 11.5 Å². The molecule has 0 radical (unpaired) electrons. The Hall–Kier alpha value is -0.930. The van der Waals surface area contributed by atoms with E-state index in [4.69, 9.17) is 44.3 Å². The summed E-state index contributed by atoms with van der Waals surface area (Å²) < 4.78 is 9.68. The van der Waals surface area contributed by atoms with Gasteiger partial charge >= 0.3 is 0 Å². The van der Waals surface area contributed by atoms with E-state index in [1.807, 2.05) is 54.6 Å². The van der Waals surface area contributed by atoms with Crippen LogP contribution in [0.25, 0.3) is 0 Å². The number of rotatable bonds is 5. The van der Waals surface area contributed by atoms with Gasteiger partial charge in [-0.3, -0.25) is 0 Å². The van der Waals surface area contributed by atoms with Crippen molar-refractivity contribution in [2.24, 2.45) is 0 Å². The molecule has 0 amide bonds. The van der Waals surface area contributed by atoms with Crippen molar-refractivity contribution in [2.75, 3.05) is 6.61 Å². The van der Waals surface area contributed by atoms with Crippen molar-refractivity contribution in [1.82, 2.24) is 0 Å². The lowest BCUT2D eigenvalue weighted by Crippen LogP contribution is -2.12. The van der Waals surface area contributed by atoms with Crippen molar-refractivity contribution in [3.05, 3.63) is 60.2 Å². The second-order valence-corrected chi connectivity index (χ2v) is 6.69. The standard InChI is InChI=1S/C15H13Cl3O2/c16-15(17,18)11-19-10-12-5-4-8-14(9-12)20-13-6-2-1-3-7-13/h1-9H,10-11H2. The molecule has 0 saturated carbocycles. The molecule has 2 nitrogen and oxygen atoms in total. The zero-order chi connectivity index (χ0) is 14.4. The predicted octanol–water partition coefficient (Wildman–Crippen LogP) is 5.37. The minimum atomic E-state index is -1.39. The molecule has 106 valence electrons. The van der Waals surface area contributed by atoms with Crippen LogP contribution in [0.2, 0.25) is 0 Å². The minimum absolute atomic E-state index is 0.0431. The van der Waals surface area contributed by atoms with E-state index in [1.165, 1.54) is 0 Å². The Balaban J connectivity index is 1.94. The average molecular weight is 332 g/mol. The first kappa shape index (κ1) is 15.5. The molecule has 0 N–H and O–H groups in total. The summed E-state index contributed by atoms with van der Waals surface area (Å²) in [6.45, 7) is 0.404. The molecule has 0 fully saturated rings. The Morgan fingerprint density at radius 3 is 2.25 bits per heavy atom. The molecule has 0 bridgehead atoms. The maximum Gasteiger partial charge on any atom is 0.213 e. The first-order valence-electron chi connectivity index (χ1n) is 5.99. The number of hydrogen-bond donors (Lipinski definition) is 0. The van der Waals surface area contributed by atoms with Crippen LogP contribution in [0, 0.1) is 0 Å². The van der Waals surface area contributed by atoms with Gasteiger partial charge in [-0.1, -0.05) is 65.1 Å². The van der Waals surface area contributed by atoms with E-state index in [2.05, 4.69) is 0 Å². The van der Waals surface area contributed by atoms with Gasteiger partial charge in [-0.05, 0) is 29.8 Å². The number of para-hydroxylation sites is 1. The van der Waals surface area contributed by atoms with Crippen LogP contribution in [0.4, 0.5) is 0 Å². The molecule has 0 saturated heterocycles. The highest BCUT2D eigenvalue weighted by molar-refractivity contribution is 6.67. The molecule has 0 aliphatic carbocycles. The third kappa shape index (κ3) is 5.59. The Bertz CT molecular complexity index is 538. The summed E-state index contributed by atoms with van der Waals surface area (Å²) in [5.74, 6) is 1.53. The molecule has 0 unspecified atom stereocenters. The Labute approximate surface area is 133 Å². The van der Waals surface area contributed by atoms with Gasteiger partial charge in [0.2, 0.25) is 3.79 Å². The number of hydrogen-bond acceptors (Lipinski definition) is 2. The van der Waals surface area contributed by atoms with E-state index in [0.29, 0.717) is 6.61 Å². The fourth-order valence-corrected chi connectivity index (χ4v) is 1.84. The number of ether oxygens (including phenoxy) is 2. The number of benzene rings is 2. The van der Waals surface area contributed by atoms with Crippen LogP contribution < -0.4 is 4.74 Å². The van der Waals surface area contributed by atoms with Gasteiger partial charge in [0, 0.05) is 0 Å². The summed E-state index contributed by atoms with van der Waals surface area (Å²) in [7, 11) is 0. The van der Waals surface area contributed by atoms with Gasteiger partial charge in [0.1, 0.15) is 11.5 Å². The second-order valence-electron chi connectivity index (χ2n) is 4.17. The Morgan fingerprint density at radius 1 is 0.850 bits per heavy atom. The van der Waals surface area contributed by atoms with Gasteiger partial charge in [-0.15, -0.1) is 0 Å². The Kier molecular flexibility index (Phi) is 5.55. The Morgan fingerprint density at radius 2 is 1.55 bits per heavy atom. The maximum atomic E-state index is 5.73. The third-order valence-corrected chi connectivity index (χ3v) is 2.74. The van der Waals surface area contributed by atoms with Gasteiger partial charge in [0.25, 0.3) is 0 Å². The van der Waals surface area contributed by atoms with E-state index in [1.54, 1.807) is 0 Å². The summed E-state index contributed by atoms with van der Waals surface area (Å²) in [5.41, 5.74) is 0.952. The van der Waals surface area contributed by atoms with Gasteiger partial charge in [0.05, 0.1) is 13.2 Å². The summed E-state index contributed by atoms with van der Waals surface area (Å²) in [6.07, 6.45) is 0. The van der Waals surface area contributed by atoms with Gasteiger partial charge in [-0.25, -0.2) is 0 Å². The van der Waals surface area contributed by atoms with Crippen molar-refractivity contribution < 1.29 is 9.47 Å². The zero-order valence-corrected chi connectivity index (χ0v) is 12.8. The lowest BCUT2D eigenvalue weighted by Gasteiger charge is -2.12. The fraction of sp³-hybridized carbons (Fsp3) is 0.200. The summed E-state index contributed by atoms with van der Waals surface area (Å²) in [6, 6.07) is 17.2. The minimum Gasteiger partial charge on any atom is -0.457 e. The first-order chi connectivity index (χ1) is 9.53. The highest BCUT2D eigenvalue weighted by atomic mass is 35.6. The summed E-state index contributed by atoms with van der Waals surface area (Å²) in [4.78, 5) is 0. The molecule has 2 rings (SSSR count). The lowest BCUT2D eigenvalue weighted by atomic mass is 10.2. The molecule has 2 aromatic rings. The monoisotopic (exact) mass is 330 g/mol. The second kappa shape index (κ2) is 7.19. The number of halogens is 3.